The van der Waals surface area contributed by atoms with Crippen LogP contribution in [-0.4, -0.2) is 76.3 Å². The summed E-state index contributed by atoms with van der Waals surface area (Å²) in [6, 6.07) is 0. The molecule has 0 radical (unpaired) electrons. The second-order valence-corrected chi connectivity index (χ2v) is 9.23. The highest BCUT2D eigenvalue weighted by Crippen LogP contribution is 2.24. The molecule has 0 atom stereocenters. The SMILES string of the molecule is COCCS(=O)(=O)N1CCN(S(=O)(=O)c2c(C)noc2C)CC1. The van der Waals surface area contributed by atoms with Crippen molar-refractivity contribution in [3.05, 3.63) is 11.5 Å². The van der Waals surface area contributed by atoms with Gasteiger partial charge < -0.3 is 9.26 Å². The van der Waals surface area contributed by atoms with Crippen LogP contribution in [0.1, 0.15) is 11.5 Å². The normalized spacial score (nSPS) is 18.4. The highest BCUT2D eigenvalue weighted by molar-refractivity contribution is 7.89. The Morgan fingerprint density at radius 1 is 1.09 bits per heavy atom. The lowest BCUT2D eigenvalue weighted by Crippen LogP contribution is -2.51. The van der Waals surface area contributed by atoms with Crippen LogP contribution in [0.4, 0.5) is 0 Å². The van der Waals surface area contributed by atoms with Gasteiger partial charge >= 0.3 is 0 Å². The van der Waals surface area contributed by atoms with Crippen LogP contribution in [0.3, 0.4) is 0 Å². The van der Waals surface area contributed by atoms with E-state index in [4.69, 9.17) is 9.26 Å². The van der Waals surface area contributed by atoms with E-state index < -0.39 is 20.0 Å². The number of methoxy groups -OCH3 is 1. The largest absolute Gasteiger partial charge is 0.384 e. The second kappa shape index (κ2) is 6.85. The molecule has 2 rings (SSSR count). The van der Waals surface area contributed by atoms with Gasteiger partial charge in [0.2, 0.25) is 20.0 Å². The Morgan fingerprint density at radius 2 is 1.65 bits per heavy atom. The van der Waals surface area contributed by atoms with Crippen molar-refractivity contribution in [2.24, 2.45) is 0 Å². The van der Waals surface area contributed by atoms with Crippen molar-refractivity contribution < 1.29 is 26.1 Å². The summed E-state index contributed by atoms with van der Waals surface area (Å²) in [5.41, 5.74) is 0.303. The number of hydrogen-bond acceptors (Lipinski definition) is 7. The zero-order chi connectivity index (χ0) is 17.3. The van der Waals surface area contributed by atoms with Gasteiger partial charge in [0.1, 0.15) is 10.6 Å². The molecule has 23 heavy (non-hydrogen) atoms. The maximum absolute atomic E-state index is 12.7. The number of ether oxygens (including phenoxy) is 1. The Kier molecular flexibility index (Phi) is 5.46. The summed E-state index contributed by atoms with van der Waals surface area (Å²) in [6.45, 7) is 3.65. The molecular weight excluding hydrogens is 346 g/mol. The molecule has 0 amide bonds. The molecular formula is C12H21N3O6S2. The van der Waals surface area contributed by atoms with Crippen LogP contribution in [-0.2, 0) is 24.8 Å². The zero-order valence-electron chi connectivity index (χ0n) is 13.4. The van der Waals surface area contributed by atoms with E-state index in [-0.39, 0.29) is 49.2 Å². The van der Waals surface area contributed by atoms with Crippen molar-refractivity contribution in [3.63, 3.8) is 0 Å². The van der Waals surface area contributed by atoms with E-state index in [1.54, 1.807) is 13.8 Å². The summed E-state index contributed by atoms with van der Waals surface area (Å²) < 4.78 is 61.8. The van der Waals surface area contributed by atoms with E-state index in [0.717, 1.165) is 0 Å². The summed E-state index contributed by atoms with van der Waals surface area (Å²) in [4.78, 5) is 0.0631. The highest BCUT2D eigenvalue weighted by atomic mass is 32.2. The van der Waals surface area contributed by atoms with Gasteiger partial charge in [-0.05, 0) is 13.8 Å². The maximum atomic E-state index is 12.7. The van der Waals surface area contributed by atoms with Crippen LogP contribution < -0.4 is 0 Å². The van der Waals surface area contributed by atoms with Crippen LogP contribution >= 0.6 is 0 Å². The number of rotatable bonds is 6. The van der Waals surface area contributed by atoms with Crippen molar-refractivity contribution in [1.82, 2.24) is 13.8 Å². The van der Waals surface area contributed by atoms with Crippen LogP contribution in [0.15, 0.2) is 9.42 Å². The van der Waals surface area contributed by atoms with Gasteiger partial charge in [-0.1, -0.05) is 5.16 Å². The van der Waals surface area contributed by atoms with Crippen LogP contribution in [0.2, 0.25) is 0 Å². The molecule has 11 heteroatoms. The Balaban J connectivity index is 2.10. The average Bonchev–Trinajstić information content (AvgIpc) is 2.85. The van der Waals surface area contributed by atoms with Gasteiger partial charge in [0.05, 0.1) is 12.4 Å². The first-order valence-electron chi connectivity index (χ1n) is 7.10. The van der Waals surface area contributed by atoms with E-state index in [0.29, 0.717) is 5.69 Å². The molecule has 1 saturated heterocycles. The smallest absolute Gasteiger partial charge is 0.248 e. The molecule has 1 aromatic rings. The molecule has 132 valence electrons. The fourth-order valence-corrected chi connectivity index (χ4v) is 5.55. The summed E-state index contributed by atoms with van der Waals surface area (Å²) in [7, 11) is -5.73. The Labute approximate surface area is 136 Å². The summed E-state index contributed by atoms with van der Waals surface area (Å²) >= 11 is 0. The second-order valence-electron chi connectivity index (χ2n) is 5.27. The topological polar surface area (TPSA) is 110 Å². The number of hydrogen-bond donors (Lipinski definition) is 0. The highest BCUT2D eigenvalue weighted by Gasteiger charge is 2.35. The molecule has 9 nitrogen and oxygen atoms in total. The molecule has 1 fully saturated rings. The fourth-order valence-electron chi connectivity index (χ4n) is 2.48. The fraction of sp³-hybridized carbons (Fsp3) is 0.750. The van der Waals surface area contributed by atoms with Crippen molar-refractivity contribution >= 4 is 20.0 Å². The quantitative estimate of drug-likeness (QED) is 0.671. The summed E-state index contributed by atoms with van der Waals surface area (Å²) in [5.74, 6) is 0.123. The minimum absolute atomic E-state index is 0.0631. The molecule has 0 aliphatic carbocycles. The number of piperazine rings is 1. The third-order valence-electron chi connectivity index (χ3n) is 3.70. The number of sulfonamides is 2. The third kappa shape index (κ3) is 3.74. The molecule has 0 N–H and O–H groups in total. The van der Waals surface area contributed by atoms with Gasteiger partial charge in [0, 0.05) is 33.3 Å². The van der Waals surface area contributed by atoms with E-state index in [1.165, 1.54) is 15.7 Å². The van der Waals surface area contributed by atoms with E-state index in [1.807, 2.05) is 0 Å². The molecule has 0 saturated carbocycles. The van der Waals surface area contributed by atoms with Crippen LogP contribution in [0, 0.1) is 13.8 Å². The molecule has 2 heterocycles. The minimum atomic E-state index is -3.74. The first kappa shape index (κ1) is 18.3. The standard InChI is InChI=1S/C12H21N3O6S2/c1-10-12(11(2)21-13-10)23(18,19)15-6-4-14(5-7-15)22(16,17)9-8-20-3/h4-9H2,1-3H3. The van der Waals surface area contributed by atoms with Crippen LogP contribution in [0.25, 0.3) is 0 Å². The number of nitrogens with zero attached hydrogens (tertiary/aromatic N) is 3. The molecule has 0 bridgehead atoms. The maximum Gasteiger partial charge on any atom is 0.248 e. The molecule has 0 aromatic carbocycles. The predicted molar refractivity (Wildman–Crippen MR) is 82.0 cm³/mol. The molecule has 0 unspecified atom stereocenters. The minimum Gasteiger partial charge on any atom is -0.384 e. The monoisotopic (exact) mass is 367 g/mol. The lowest BCUT2D eigenvalue weighted by atomic mass is 10.4. The molecule has 0 spiro atoms. The van der Waals surface area contributed by atoms with Gasteiger partial charge in [-0.25, -0.2) is 16.8 Å². The first-order chi connectivity index (χ1) is 10.7. The zero-order valence-corrected chi connectivity index (χ0v) is 15.0. The van der Waals surface area contributed by atoms with Crippen molar-refractivity contribution in [2.45, 2.75) is 18.7 Å². The molecule has 1 aliphatic rings. The lowest BCUT2D eigenvalue weighted by Gasteiger charge is -2.33. The number of aryl methyl sites for hydroxylation is 2. The summed E-state index contributed by atoms with van der Waals surface area (Å²) in [5, 5.41) is 3.66. The Hall–Kier alpha value is -1.01. The van der Waals surface area contributed by atoms with Gasteiger partial charge in [0.15, 0.2) is 5.76 Å². The van der Waals surface area contributed by atoms with Gasteiger partial charge in [0.25, 0.3) is 0 Å². The van der Waals surface area contributed by atoms with Gasteiger partial charge in [-0.3, -0.25) is 0 Å². The summed E-state index contributed by atoms with van der Waals surface area (Å²) in [6.07, 6.45) is 0. The van der Waals surface area contributed by atoms with E-state index in [2.05, 4.69) is 5.16 Å². The van der Waals surface area contributed by atoms with Crippen molar-refractivity contribution in [2.75, 3.05) is 45.6 Å². The average molecular weight is 367 g/mol. The van der Waals surface area contributed by atoms with Crippen LogP contribution in [0.5, 0.6) is 0 Å². The van der Waals surface area contributed by atoms with E-state index in [9.17, 15) is 16.8 Å². The first-order valence-corrected chi connectivity index (χ1v) is 10.1. The predicted octanol–water partition coefficient (Wildman–Crippen LogP) is -0.426. The van der Waals surface area contributed by atoms with Crippen molar-refractivity contribution in [1.29, 1.82) is 0 Å². The lowest BCUT2D eigenvalue weighted by molar-refractivity contribution is 0.213. The Bertz CT molecular complexity index is 728. The van der Waals surface area contributed by atoms with E-state index >= 15 is 0 Å². The number of aromatic nitrogens is 1. The Morgan fingerprint density at radius 3 is 2.13 bits per heavy atom. The van der Waals surface area contributed by atoms with Gasteiger partial charge in [-0.2, -0.15) is 8.61 Å². The van der Waals surface area contributed by atoms with Gasteiger partial charge in [-0.15, -0.1) is 0 Å². The van der Waals surface area contributed by atoms with Crippen molar-refractivity contribution in [3.8, 4) is 0 Å². The third-order valence-corrected chi connectivity index (χ3v) is 7.68. The molecule has 1 aliphatic heterocycles. The molecule has 1 aromatic heterocycles.